The zero-order valence-corrected chi connectivity index (χ0v) is 15.1. The molecule has 4 rings (SSSR count). The first-order valence-corrected chi connectivity index (χ1v) is 8.52. The van der Waals surface area contributed by atoms with Crippen molar-refractivity contribution in [2.24, 2.45) is 0 Å². The number of nitrogens with zero attached hydrogens (tertiary/aromatic N) is 2. The van der Waals surface area contributed by atoms with Gasteiger partial charge in [-0.05, 0) is 19.1 Å². The van der Waals surface area contributed by atoms with Gasteiger partial charge in [-0.2, -0.15) is 0 Å². The molecule has 0 radical (unpaired) electrons. The molecule has 0 saturated heterocycles. The fourth-order valence-corrected chi connectivity index (χ4v) is 3.41. The van der Waals surface area contributed by atoms with Crippen molar-refractivity contribution in [1.82, 2.24) is 0 Å². The average molecular weight is 384 g/mol. The Morgan fingerprint density at radius 3 is 2.54 bits per heavy atom. The van der Waals surface area contributed by atoms with Gasteiger partial charge in [0.1, 0.15) is 13.2 Å². The minimum absolute atomic E-state index is 0.222. The van der Waals surface area contributed by atoms with Crippen molar-refractivity contribution in [3.63, 3.8) is 0 Å². The van der Waals surface area contributed by atoms with Crippen LogP contribution >= 0.6 is 0 Å². The minimum Gasteiger partial charge on any atom is -0.486 e. The lowest BCUT2D eigenvalue weighted by Gasteiger charge is -2.23. The van der Waals surface area contributed by atoms with Crippen LogP contribution in [0.1, 0.15) is 12.5 Å². The highest BCUT2D eigenvalue weighted by Crippen LogP contribution is 2.48. The average Bonchev–Trinajstić information content (AvgIpc) is 2.88. The Morgan fingerprint density at radius 1 is 1.21 bits per heavy atom. The van der Waals surface area contributed by atoms with Gasteiger partial charge in [0.15, 0.2) is 16.9 Å². The number of ether oxygens (including phenoxy) is 3. The fraction of sp³-hybridized carbons (Fsp3) is 0.263. The van der Waals surface area contributed by atoms with Crippen LogP contribution in [0.4, 0.5) is 11.4 Å². The fourth-order valence-electron chi connectivity index (χ4n) is 3.41. The van der Waals surface area contributed by atoms with E-state index in [-0.39, 0.29) is 11.4 Å². The maximum absolute atomic E-state index is 13.0. The van der Waals surface area contributed by atoms with Gasteiger partial charge in [0.2, 0.25) is 11.7 Å². The number of nitro groups is 1. The summed E-state index contributed by atoms with van der Waals surface area (Å²) in [5.41, 5.74) is -1.14. The number of carbonyl (C=O) groups excluding carboxylic acids is 2. The first-order valence-electron chi connectivity index (χ1n) is 8.52. The number of anilines is 1. The predicted octanol–water partition coefficient (Wildman–Crippen LogP) is 2.21. The number of benzene rings is 2. The van der Waals surface area contributed by atoms with E-state index < -0.39 is 22.2 Å². The van der Waals surface area contributed by atoms with Crippen molar-refractivity contribution in [2.45, 2.75) is 12.3 Å². The zero-order valence-electron chi connectivity index (χ0n) is 15.1. The van der Waals surface area contributed by atoms with E-state index in [2.05, 4.69) is 0 Å². The molecule has 1 unspecified atom stereocenters. The van der Waals surface area contributed by atoms with Gasteiger partial charge in [-0.3, -0.25) is 19.7 Å². The number of carbonyl (C=O) groups is 2. The van der Waals surface area contributed by atoms with Crippen LogP contribution in [0.3, 0.4) is 0 Å². The van der Waals surface area contributed by atoms with Crippen molar-refractivity contribution in [2.75, 3.05) is 25.2 Å². The van der Waals surface area contributed by atoms with Gasteiger partial charge in [0.05, 0.1) is 10.6 Å². The molecule has 2 aliphatic heterocycles. The highest BCUT2D eigenvalue weighted by molar-refractivity contribution is 6.20. The molecule has 0 aromatic heterocycles. The summed E-state index contributed by atoms with van der Waals surface area (Å²) >= 11 is 0. The molecule has 9 nitrogen and oxygen atoms in total. The molecule has 0 saturated carbocycles. The van der Waals surface area contributed by atoms with Gasteiger partial charge >= 0.3 is 11.7 Å². The summed E-state index contributed by atoms with van der Waals surface area (Å²) in [5.74, 6) is -0.721. The van der Waals surface area contributed by atoms with Crippen molar-refractivity contribution < 1.29 is 28.7 Å². The van der Waals surface area contributed by atoms with Crippen LogP contribution in [0, 0.1) is 10.1 Å². The highest BCUT2D eigenvalue weighted by Gasteiger charge is 2.54. The van der Waals surface area contributed by atoms with Gasteiger partial charge < -0.3 is 19.1 Å². The topological polar surface area (TPSA) is 108 Å². The molecule has 0 fully saturated rings. The molecule has 2 heterocycles. The number of hydrogen-bond acceptors (Lipinski definition) is 7. The Hall–Kier alpha value is -3.62. The molecule has 0 spiro atoms. The number of fused-ring (bicyclic) bond motifs is 2. The van der Waals surface area contributed by atoms with E-state index in [9.17, 15) is 19.7 Å². The number of nitro benzene ring substituents is 1. The summed E-state index contributed by atoms with van der Waals surface area (Å²) in [4.78, 5) is 37.9. The van der Waals surface area contributed by atoms with Crippen molar-refractivity contribution >= 4 is 23.3 Å². The normalized spacial score (nSPS) is 19.9. The van der Waals surface area contributed by atoms with Gasteiger partial charge in [-0.25, -0.2) is 0 Å². The lowest BCUT2D eigenvalue weighted by atomic mass is 9.83. The van der Waals surface area contributed by atoms with Crippen molar-refractivity contribution in [3.8, 4) is 17.2 Å². The maximum atomic E-state index is 13.0. The number of likely N-dealkylation sites (N-methyl/N-ethyl adjacent to an activating group) is 1. The predicted molar refractivity (Wildman–Crippen MR) is 96.9 cm³/mol. The van der Waals surface area contributed by atoms with Crippen molar-refractivity contribution in [3.05, 3.63) is 52.1 Å². The Labute approximate surface area is 159 Å². The molecule has 0 aliphatic carbocycles. The minimum atomic E-state index is -1.68. The van der Waals surface area contributed by atoms with E-state index in [0.29, 0.717) is 36.0 Å². The molecule has 0 bridgehead atoms. The van der Waals surface area contributed by atoms with Crippen LogP contribution < -0.4 is 19.1 Å². The quantitative estimate of drug-likeness (QED) is 0.262. The summed E-state index contributed by atoms with van der Waals surface area (Å²) in [6.45, 7) is 2.18. The van der Waals surface area contributed by atoms with Crippen LogP contribution in [-0.2, 0) is 15.0 Å². The molecule has 28 heavy (non-hydrogen) atoms. The molecule has 1 atom stereocenters. The monoisotopic (exact) mass is 384 g/mol. The third-order valence-electron chi connectivity index (χ3n) is 4.97. The van der Waals surface area contributed by atoms with Crippen LogP contribution in [-0.4, -0.2) is 37.1 Å². The summed E-state index contributed by atoms with van der Waals surface area (Å²) in [6.07, 6.45) is 0. The second-order valence-corrected chi connectivity index (χ2v) is 6.62. The standard InChI is InChI=1S/C19H16N2O7/c1-19(18(23)28-14-6-4-3-5-12(14)21(24)25)11-9-15-16(27-8-7-26-15)10-13(11)20(2)17(19)22/h3-6,9-10H,7-8H2,1-2H3. The SMILES string of the molecule is CN1C(=O)C(C)(C(=O)Oc2ccccc2[N+](=O)[O-])c2cc3c(cc21)OCCO3. The van der Waals surface area contributed by atoms with E-state index in [4.69, 9.17) is 14.2 Å². The first kappa shape index (κ1) is 17.8. The van der Waals surface area contributed by atoms with Crippen molar-refractivity contribution in [1.29, 1.82) is 0 Å². The number of para-hydroxylation sites is 2. The van der Waals surface area contributed by atoms with E-state index >= 15 is 0 Å². The second kappa shape index (κ2) is 6.22. The largest absolute Gasteiger partial charge is 0.486 e. The Kier molecular flexibility index (Phi) is 3.95. The zero-order chi connectivity index (χ0) is 20.1. The second-order valence-electron chi connectivity index (χ2n) is 6.62. The molecule has 9 heteroatoms. The van der Waals surface area contributed by atoms with Gasteiger partial charge in [0, 0.05) is 24.7 Å². The number of hydrogen-bond donors (Lipinski definition) is 0. The van der Waals surface area contributed by atoms with E-state index in [1.807, 2.05) is 0 Å². The summed E-state index contributed by atoms with van der Waals surface area (Å²) in [6, 6.07) is 8.74. The summed E-state index contributed by atoms with van der Waals surface area (Å²) in [5, 5.41) is 11.2. The number of amides is 1. The molecular weight excluding hydrogens is 368 g/mol. The maximum Gasteiger partial charge on any atom is 0.331 e. The van der Waals surface area contributed by atoms with E-state index in [1.54, 1.807) is 19.2 Å². The Bertz CT molecular complexity index is 1020. The lowest BCUT2D eigenvalue weighted by molar-refractivity contribution is -0.385. The molecule has 144 valence electrons. The van der Waals surface area contributed by atoms with Gasteiger partial charge in [-0.15, -0.1) is 0 Å². The summed E-state index contributed by atoms with van der Waals surface area (Å²) < 4.78 is 16.4. The molecule has 0 N–H and O–H groups in total. The van der Waals surface area contributed by atoms with Gasteiger partial charge in [-0.1, -0.05) is 12.1 Å². The van der Waals surface area contributed by atoms with Crippen LogP contribution in [0.5, 0.6) is 17.2 Å². The lowest BCUT2D eigenvalue weighted by Crippen LogP contribution is -2.45. The molecule has 2 aliphatic rings. The number of esters is 1. The van der Waals surface area contributed by atoms with Crippen LogP contribution in [0.25, 0.3) is 0 Å². The van der Waals surface area contributed by atoms with E-state index in [1.165, 1.54) is 36.1 Å². The van der Waals surface area contributed by atoms with Crippen LogP contribution in [0.15, 0.2) is 36.4 Å². The molecular formula is C19H16N2O7. The van der Waals surface area contributed by atoms with E-state index in [0.717, 1.165) is 0 Å². The molecule has 1 amide bonds. The Morgan fingerprint density at radius 2 is 1.86 bits per heavy atom. The third-order valence-corrected chi connectivity index (χ3v) is 4.97. The van der Waals surface area contributed by atoms with Crippen LogP contribution in [0.2, 0.25) is 0 Å². The Balaban J connectivity index is 1.77. The smallest absolute Gasteiger partial charge is 0.331 e. The molecule has 2 aromatic rings. The third kappa shape index (κ3) is 2.47. The number of rotatable bonds is 3. The summed E-state index contributed by atoms with van der Waals surface area (Å²) in [7, 11) is 1.54. The molecule has 2 aromatic carbocycles. The van der Waals surface area contributed by atoms with Gasteiger partial charge in [0.25, 0.3) is 0 Å². The first-order chi connectivity index (χ1) is 13.3. The highest BCUT2D eigenvalue weighted by atomic mass is 16.6.